The van der Waals surface area contributed by atoms with Crippen LogP contribution < -0.4 is 5.56 Å². The lowest BCUT2D eigenvalue weighted by molar-refractivity contribution is 0.0715. The van der Waals surface area contributed by atoms with Gasteiger partial charge in [0.1, 0.15) is 0 Å². The van der Waals surface area contributed by atoms with Gasteiger partial charge in [0.25, 0.3) is 5.91 Å². The average Bonchev–Trinajstić information content (AvgIpc) is 2.92. The number of pyridine rings is 1. The Bertz CT molecular complexity index is 786. The maximum Gasteiger partial charge on any atom is 0.255 e. The molecule has 1 fully saturated rings. The van der Waals surface area contributed by atoms with Crippen LogP contribution in [0.4, 0.5) is 8.78 Å². The molecule has 3 rings (SSSR count). The highest BCUT2D eigenvalue weighted by atomic mass is 19.2. The number of nitrogens with one attached hydrogen (secondary N) is 1. The maximum atomic E-state index is 13.4. The summed E-state index contributed by atoms with van der Waals surface area (Å²) in [5.41, 5.74) is 0.338. The van der Waals surface area contributed by atoms with Crippen LogP contribution in [-0.2, 0) is 0 Å². The lowest BCUT2D eigenvalue weighted by Gasteiger charge is -2.24. The first kappa shape index (κ1) is 15.4. The number of carbonyl (C=O) groups is 1. The summed E-state index contributed by atoms with van der Waals surface area (Å²) in [5.74, 6) is -2.36. The number of H-pyrrole nitrogens is 1. The number of aliphatic hydroxyl groups excluding tert-OH is 1. The van der Waals surface area contributed by atoms with Crippen LogP contribution >= 0.6 is 0 Å². The maximum absolute atomic E-state index is 13.4. The summed E-state index contributed by atoms with van der Waals surface area (Å²) in [6.45, 7) is 0.0849. The summed E-state index contributed by atoms with van der Waals surface area (Å²) in [6, 6.07) is 5.48. The summed E-state index contributed by atoms with van der Waals surface area (Å²) in [4.78, 5) is 27.4. The molecule has 120 valence electrons. The normalized spacial score (nSPS) is 20.7. The van der Waals surface area contributed by atoms with Crippen LogP contribution in [0, 0.1) is 11.6 Å². The summed E-state index contributed by atoms with van der Waals surface area (Å²) in [7, 11) is 0. The van der Waals surface area contributed by atoms with Gasteiger partial charge in [-0.1, -0.05) is 6.07 Å². The van der Waals surface area contributed by atoms with Gasteiger partial charge < -0.3 is 15.0 Å². The van der Waals surface area contributed by atoms with E-state index in [1.165, 1.54) is 29.3 Å². The molecule has 1 aliphatic heterocycles. The number of amides is 1. The quantitative estimate of drug-likeness (QED) is 0.883. The molecule has 0 aliphatic carbocycles. The molecular weight excluding hydrogens is 306 g/mol. The molecule has 2 aromatic rings. The second-order valence-electron chi connectivity index (χ2n) is 5.48. The monoisotopic (exact) mass is 320 g/mol. The van der Waals surface area contributed by atoms with Crippen LogP contribution in [0.5, 0.6) is 0 Å². The minimum atomic E-state index is -1.000. The molecule has 1 amide bonds. The molecule has 2 N–H and O–H groups in total. The number of benzene rings is 1. The molecule has 0 unspecified atom stereocenters. The van der Waals surface area contributed by atoms with Crippen molar-refractivity contribution in [2.45, 2.75) is 18.6 Å². The molecule has 0 saturated carbocycles. The molecule has 1 saturated heterocycles. The van der Waals surface area contributed by atoms with E-state index in [4.69, 9.17) is 0 Å². The number of aromatic amines is 1. The van der Waals surface area contributed by atoms with Crippen LogP contribution in [0.3, 0.4) is 0 Å². The number of hydrogen-bond donors (Lipinski definition) is 2. The topological polar surface area (TPSA) is 73.4 Å². The number of rotatable bonds is 2. The Labute approximate surface area is 130 Å². The first-order chi connectivity index (χ1) is 11.0. The zero-order chi connectivity index (χ0) is 16.6. The Hall–Kier alpha value is -2.54. The number of aliphatic hydroxyl groups is 1. The molecule has 1 aromatic carbocycles. The van der Waals surface area contributed by atoms with E-state index in [9.17, 15) is 23.5 Å². The third-order valence-electron chi connectivity index (χ3n) is 3.90. The Kier molecular flexibility index (Phi) is 3.96. The number of β-amino-alcohol motifs (C(OH)–C–C–N with tert-alkyl or cyclic N) is 1. The van der Waals surface area contributed by atoms with Crippen molar-refractivity contribution in [1.82, 2.24) is 9.88 Å². The van der Waals surface area contributed by atoms with Gasteiger partial charge in [0.05, 0.1) is 17.7 Å². The van der Waals surface area contributed by atoms with Crippen LogP contribution in [0.25, 0.3) is 0 Å². The Morgan fingerprint density at radius 2 is 2.00 bits per heavy atom. The second-order valence-corrected chi connectivity index (χ2v) is 5.48. The van der Waals surface area contributed by atoms with E-state index >= 15 is 0 Å². The molecule has 1 aliphatic rings. The van der Waals surface area contributed by atoms with E-state index in [1.807, 2.05) is 0 Å². The molecule has 0 bridgehead atoms. The van der Waals surface area contributed by atoms with E-state index in [-0.39, 0.29) is 24.1 Å². The molecule has 2 atom stereocenters. The van der Waals surface area contributed by atoms with Crippen molar-refractivity contribution < 1.29 is 18.7 Å². The first-order valence-electron chi connectivity index (χ1n) is 7.08. The van der Waals surface area contributed by atoms with Gasteiger partial charge in [-0.15, -0.1) is 0 Å². The van der Waals surface area contributed by atoms with Crippen LogP contribution in [0.1, 0.15) is 28.4 Å². The fourth-order valence-electron chi connectivity index (χ4n) is 2.78. The summed E-state index contributed by atoms with van der Waals surface area (Å²) in [5, 5.41) is 9.88. The van der Waals surface area contributed by atoms with E-state index in [0.717, 1.165) is 12.1 Å². The number of aromatic nitrogens is 1. The van der Waals surface area contributed by atoms with E-state index < -0.39 is 29.7 Å². The summed E-state index contributed by atoms with van der Waals surface area (Å²) < 4.78 is 26.5. The van der Waals surface area contributed by atoms with Crippen molar-refractivity contribution in [3.63, 3.8) is 0 Å². The van der Waals surface area contributed by atoms with E-state index in [1.54, 1.807) is 0 Å². The minimum absolute atomic E-state index is 0.0849. The number of hydrogen-bond acceptors (Lipinski definition) is 3. The molecule has 5 nitrogen and oxygen atoms in total. The number of nitrogens with zero attached hydrogens (tertiary/aromatic N) is 1. The van der Waals surface area contributed by atoms with E-state index in [2.05, 4.69) is 4.98 Å². The predicted octanol–water partition coefficient (Wildman–Crippen LogP) is 1.60. The lowest BCUT2D eigenvalue weighted by Crippen LogP contribution is -2.32. The Morgan fingerprint density at radius 1 is 1.22 bits per heavy atom. The molecule has 0 radical (unpaired) electrons. The Balaban J connectivity index is 1.92. The van der Waals surface area contributed by atoms with Crippen LogP contribution in [0.2, 0.25) is 0 Å². The third-order valence-corrected chi connectivity index (χ3v) is 3.90. The number of carbonyl (C=O) groups excluding carboxylic acids is 1. The average molecular weight is 320 g/mol. The molecule has 2 heterocycles. The molecule has 7 heteroatoms. The fourth-order valence-corrected chi connectivity index (χ4v) is 2.78. The molecule has 1 aromatic heterocycles. The molecule has 0 spiro atoms. The fraction of sp³-hybridized carbons (Fsp3) is 0.250. The highest BCUT2D eigenvalue weighted by Gasteiger charge is 2.36. The Morgan fingerprint density at radius 3 is 2.65 bits per heavy atom. The number of halogens is 2. The van der Waals surface area contributed by atoms with Gasteiger partial charge in [-0.25, -0.2) is 8.78 Å². The second kappa shape index (κ2) is 5.92. The highest BCUT2D eigenvalue weighted by Crippen LogP contribution is 2.33. The third kappa shape index (κ3) is 3.00. The van der Waals surface area contributed by atoms with Gasteiger partial charge in [0.2, 0.25) is 5.56 Å². The van der Waals surface area contributed by atoms with Crippen molar-refractivity contribution in [2.24, 2.45) is 0 Å². The lowest BCUT2D eigenvalue weighted by atomic mass is 10.0. The van der Waals surface area contributed by atoms with Gasteiger partial charge in [0.15, 0.2) is 11.6 Å². The van der Waals surface area contributed by atoms with Crippen LogP contribution in [0.15, 0.2) is 41.3 Å². The highest BCUT2D eigenvalue weighted by molar-refractivity contribution is 5.94. The van der Waals surface area contributed by atoms with Crippen molar-refractivity contribution in [2.75, 3.05) is 6.54 Å². The SMILES string of the molecule is O=C(c1ccc(=O)[nH]c1)N1C[C@@H](O)C[C@@H]1c1ccc(F)c(F)c1. The zero-order valence-corrected chi connectivity index (χ0v) is 12.0. The van der Waals surface area contributed by atoms with Gasteiger partial charge in [0, 0.05) is 18.8 Å². The van der Waals surface area contributed by atoms with Crippen molar-refractivity contribution in [1.29, 1.82) is 0 Å². The first-order valence-corrected chi connectivity index (χ1v) is 7.08. The van der Waals surface area contributed by atoms with Gasteiger partial charge >= 0.3 is 0 Å². The van der Waals surface area contributed by atoms with Gasteiger partial charge in [-0.3, -0.25) is 9.59 Å². The minimum Gasteiger partial charge on any atom is -0.391 e. The molecular formula is C16H14F2N2O3. The van der Waals surface area contributed by atoms with Crippen molar-refractivity contribution in [3.05, 3.63) is 69.6 Å². The largest absolute Gasteiger partial charge is 0.391 e. The predicted molar refractivity (Wildman–Crippen MR) is 77.8 cm³/mol. The standard InChI is InChI=1S/C16H14F2N2O3/c17-12-3-1-9(5-13(12)18)14-6-11(21)8-20(14)16(23)10-2-4-15(22)19-7-10/h1-5,7,11,14,21H,6,8H2,(H,19,22)/t11-,14+/m0/s1. The van der Waals surface area contributed by atoms with Crippen LogP contribution in [-0.4, -0.2) is 33.5 Å². The summed E-state index contributed by atoms with van der Waals surface area (Å²) in [6.07, 6.45) is 0.775. The zero-order valence-electron chi connectivity index (χ0n) is 12.0. The van der Waals surface area contributed by atoms with Crippen molar-refractivity contribution in [3.8, 4) is 0 Å². The van der Waals surface area contributed by atoms with Gasteiger partial charge in [-0.2, -0.15) is 0 Å². The van der Waals surface area contributed by atoms with Crippen molar-refractivity contribution >= 4 is 5.91 Å². The summed E-state index contributed by atoms with van der Waals surface area (Å²) >= 11 is 0. The molecule has 23 heavy (non-hydrogen) atoms. The van der Waals surface area contributed by atoms with Gasteiger partial charge in [-0.05, 0) is 30.2 Å². The van der Waals surface area contributed by atoms with E-state index in [0.29, 0.717) is 5.56 Å². The smallest absolute Gasteiger partial charge is 0.255 e. The number of likely N-dealkylation sites (tertiary alicyclic amines) is 1.